The number of nitrogens with one attached hydrogen (secondary N) is 1. The van der Waals surface area contributed by atoms with Gasteiger partial charge in [-0.05, 0) is 17.7 Å². The molecule has 0 radical (unpaired) electrons. The van der Waals surface area contributed by atoms with Crippen LogP contribution in [-0.4, -0.2) is 16.8 Å². The molecule has 1 saturated heterocycles. The van der Waals surface area contributed by atoms with Gasteiger partial charge in [-0.15, -0.1) is 0 Å². The maximum Gasteiger partial charge on any atom is 0.221 e. The first-order valence-corrected chi connectivity index (χ1v) is 4.78. The van der Waals surface area contributed by atoms with Gasteiger partial charge in [-0.25, -0.2) is 0 Å². The number of hydrogen-bond acceptors (Lipinski definition) is 3. The lowest BCUT2D eigenvalue weighted by molar-refractivity contribution is -0.132. The number of aromatic hydroxyl groups is 1. The molecule has 0 spiro atoms. The number of hydrogen-bond donors (Lipinski definition) is 2. The van der Waals surface area contributed by atoms with Crippen LogP contribution in [-0.2, 0) is 9.59 Å². The Hall–Kier alpha value is -1.84. The highest BCUT2D eigenvalue weighted by Gasteiger charge is 2.27. The molecule has 1 atom stereocenters. The van der Waals surface area contributed by atoms with Crippen molar-refractivity contribution in [1.29, 1.82) is 0 Å². The van der Waals surface area contributed by atoms with E-state index < -0.39 is 6.04 Å². The minimum Gasteiger partial charge on any atom is -0.508 e. The second-order valence-corrected chi connectivity index (χ2v) is 3.56. The van der Waals surface area contributed by atoms with Gasteiger partial charge >= 0.3 is 0 Å². The number of phenols is 1. The molecule has 0 aromatic heterocycles. The minimum absolute atomic E-state index is 0.0142. The van der Waals surface area contributed by atoms with Crippen LogP contribution in [0.15, 0.2) is 24.3 Å². The molecule has 0 aliphatic carbocycles. The third-order valence-electron chi connectivity index (χ3n) is 2.45. The summed E-state index contributed by atoms with van der Waals surface area (Å²) in [5.41, 5.74) is 0.714. The highest BCUT2D eigenvalue weighted by Crippen LogP contribution is 2.22. The monoisotopic (exact) mass is 205 g/mol. The van der Waals surface area contributed by atoms with E-state index in [1.54, 1.807) is 12.1 Å². The SMILES string of the molecule is O=C1CCC(=O)C(c2ccc(O)cc2)N1. The Balaban J connectivity index is 2.25. The molecule has 78 valence electrons. The van der Waals surface area contributed by atoms with Gasteiger partial charge in [-0.1, -0.05) is 12.1 Å². The number of amides is 1. The Kier molecular flexibility index (Phi) is 2.41. The average Bonchev–Trinajstić information content (AvgIpc) is 2.23. The van der Waals surface area contributed by atoms with Crippen molar-refractivity contribution in [2.75, 3.05) is 0 Å². The van der Waals surface area contributed by atoms with Crippen LogP contribution in [0.3, 0.4) is 0 Å². The number of piperidine rings is 1. The van der Waals surface area contributed by atoms with E-state index in [9.17, 15) is 9.59 Å². The summed E-state index contributed by atoms with van der Waals surface area (Å²) >= 11 is 0. The lowest BCUT2D eigenvalue weighted by Crippen LogP contribution is -2.38. The number of ketones is 1. The fourth-order valence-corrected chi connectivity index (χ4v) is 1.63. The van der Waals surface area contributed by atoms with E-state index >= 15 is 0 Å². The highest BCUT2D eigenvalue weighted by atomic mass is 16.3. The molecule has 1 aromatic carbocycles. The van der Waals surface area contributed by atoms with Crippen LogP contribution >= 0.6 is 0 Å². The molecule has 2 N–H and O–H groups in total. The molecular weight excluding hydrogens is 194 g/mol. The zero-order valence-corrected chi connectivity index (χ0v) is 8.06. The number of phenolic OH excluding ortho intramolecular Hbond substituents is 1. The van der Waals surface area contributed by atoms with E-state index in [1.165, 1.54) is 12.1 Å². The first kappa shape index (κ1) is 9.71. The third-order valence-corrected chi connectivity index (χ3v) is 2.45. The molecule has 0 bridgehead atoms. The molecule has 1 aliphatic heterocycles. The average molecular weight is 205 g/mol. The molecule has 4 nitrogen and oxygen atoms in total. The Morgan fingerprint density at radius 3 is 2.47 bits per heavy atom. The number of carbonyl (C=O) groups excluding carboxylic acids is 2. The van der Waals surface area contributed by atoms with Crippen LogP contribution in [0.25, 0.3) is 0 Å². The van der Waals surface area contributed by atoms with Gasteiger partial charge < -0.3 is 10.4 Å². The maximum absolute atomic E-state index is 11.5. The number of rotatable bonds is 1. The first-order valence-electron chi connectivity index (χ1n) is 4.78. The number of benzene rings is 1. The predicted molar refractivity (Wildman–Crippen MR) is 53.2 cm³/mol. The minimum atomic E-state index is -0.549. The summed E-state index contributed by atoms with van der Waals surface area (Å²) in [6.45, 7) is 0. The normalized spacial score (nSPS) is 21.2. The lowest BCUT2D eigenvalue weighted by atomic mass is 9.96. The van der Waals surface area contributed by atoms with E-state index in [0.29, 0.717) is 5.56 Å². The zero-order chi connectivity index (χ0) is 10.8. The number of Topliss-reactive ketones (excluding diaryl/α,β-unsaturated/α-hetero) is 1. The molecule has 1 fully saturated rings. The Bertz CT molecular complexity index is 397. The summed E-state index contributed by atoms with van der Waals surface area (Å²) in [4.78, 5) is 22.7. The van der Waals surface area contributed by atoms with Crippen molar-refractivity contribution in [3.8, 4) is 5.75 Å². The Morgan fingerprint density at radius 1 is 1.13 bits per heavy atom. The van der Waals surface area contributed by atoms with E-state index in [2.05, 4.69) is 5.32 Å². The van der Waals surface area contributed by atoms with Crippen molar-refractivity contribution >= 4 is 11.7 Å². The second kappa shape index (κ2) is 3.73. The molecule has 1 aromatic rings. The van der Waals surface area contributed by atoms with E-state index in [4.69, 9.17) is 5.11 Å². The lowest BCUT2D eigenvalue weighted by Gasteiger charge is -2.22. The zero-order valence-electron chi connectivity index (χ0n) is 8.06. The summed E-state index contributed by atoms with van der Waals surface area (Å²) in [7, 11) is 0. The van der Waals surface area contributed by atoms with E-state index in [-0.39, 0.29) is 30.3 Å². The fraction of sp³-hybridized carbons (Fsp3) is 0.273. The molecule has 1 heterocycles. The van der Waals surface area contributed by atoms with Crippen molar-refractivity contribution in [2.45, 2.75) is 18.9 Å². The van der Waals surface area contributed by atoms with Gasteiger partial charge in [0.1, 0.15) is 11.8 Å². The standard InChI is InChI=1S/C11H11NO3/c13-8-3-1-7(2-4-8)11-9(14)5-6-10(15)12-11/h1-4,11,13H,5-6H2,(H,12,15). The maximum atomic E-state index is 11.5. The summed E-state index contributed by atoms with van der Waals surface area (Å²) in [6, 6.07) is 5.74. The topological polar surface area (TPSA) is 66.4 Å². The van der Waals surface area contributed by atoms with Crippen LogP contribution in [0.2, 0.25) is 0 Å². The van der Waals surface area contributed by atoms with Gasteiger partial charge in [-0.3, -0.25) is 9.59 Å². The smallest absolute Gasteiger partial charge is 0.221 e. The molecule has 0 saturated carbocycles. The van der Waals surface area contributed by atoms with Gasteiger partial charge in [0.2, 0.25) is 5.91 Å². The van der Waals surface area contributed by atoms with E-state index in [0.717, 1.165) is 0 Å². The summed E-state index contributed by atoms with van der Waals surface area (Å²) in [5.74, 6) is 0.0568. The molecule has 1 unspecified atom stereocenters. The highest BCUT2D eigenvalue weighted by molar-refractivity contribution is 5.95. The third kappa shape index (κ3) is 1.98. The molecule has 1 amide bonds. The van der Waals surface area contributed by atoms with Crippen molar-refractivity contribution < 1.29 is 14.7 Å². The van der Waals surface area contributed by atoms with Crippen molar-refractivity contribution in [2.24, 2.45) is 0 Å². The molecular formula is C11H11NO3. The first-order chi connectivity index (χ1) is 7.16. The van der Waals surface area contributed by atoms with Gasteiger partial charge in [-0.2, -0.15) is 0 Å². The van der Waals surface area contributed by atoms with Gasteiger partial charge in [0.25, 0.3) is 0 Å². The Morgan fingerprint density at radius 2 is 1.80 bits per heavy atom. The van der Waals surface area contributed by atoms with Crippen LogP contribution < -0.4 is 5.32 Å². The van der Waals surface area contributed by atoms with Gasteiger partial charge in [0.15, 0.2) is 5.78 Å². The largest absolute Gasteiger partial charge is 0.508 e. The van der Waals surface area contributed by atoms with Crippen molar-refractivity contribution in [3.05, 3.63) is 29.8 Å². The summed E-state index contributed by atoms with van der Waals surface area (Å²) < 4.78 is 0. The molecule has 4 heteroatoms. The van der Waals surface area contributed by atoms with Crippen molar-refractivity contribution in [3.63, 3.8) is 0 Å². The molecule has 2 rings (SSSR count). The predicted octanol–water partition coefficient (Wildman–Crippen LogP) is 0.912. The van der Waals surface area contributed by atoms with Gasteiger partial charge in [0.05, 0.1) is 0 Å². The fourth-order valence-electron chi connectivity index (χ4n) is 1.63. The van der Waals surface area contributed by atoms with Crippen LogP contribution in [0, 0.1) is 0 Å². The molecule has 1 aliphatic rings. The quantitative estimate of drug-likeness (QED) is 0.716. The van der Waals surface area contributed by atoms with Crippen molar-refractivity contribution in [1.82, 2.24) is 5.32 Å². The van der Waals surface area contributed by atoms with Gasteiger partial charge in [0, 0.05) is 12.8 Å². The number of carbonyl (C=O) groups is 2. The second-order valence-electron chi connectivity index (χ2n) is 3.56. The summed E-state index contributed by atoms with van der Waals surface area (Å²) in [6.07, 6.45) is 0.560. The Labute approximate surface area is 86.9 Å². The van der Waals surface area contributed by atoms with Crippen LogP contribution in [0.4, 0.5) is 0 Å². The van der Waals surface area contributed by atoms with Crippen LogP contribution in [0.1, 0.15) is 24.4 Å². The summed E-state index contributed by atoms with van der Waals surface area (Å²) in [5, 5.41) is 11.7. The molecule has 15 heavy (non-hydrogen) atoms. The van der Waals surface area contributed by atoms with E-state index in [1.807, 2.05) is 0 Å². The van der Waals surface area contributed by atoms with Crippen LogP contribution in [0.5, 0.6) is 5.75 Å².